The Labute approximate surface area is 171 Å². The van der Waals surface area contributed by atoms with Gasteiger partial charge in [0.25, 0.3) is 5.91 Å². The third kappa shape index (κ3) is 5.18. The Kier molecular flexibility index (Phi) is 7.18. The van der Waals surface area contributed by atoms with Crippen molar-refractivity contribution in [2.75, 3.05) is 26.2 Å². The third-order valence-corrected chi connectivity index (χ3v) is 5.21. The average Bonchev–Trinajstić information content (AvgIpc) is 3.13. The predicted octanol–water partition coefficient (Wildman–Crippen LogP) is 3.68. The van der Waals surface area contributed by atoms with Crippen molar-refractivity contribution in [3.05, 3.63) is 58.6 Å². The molecule has 1 atom stereocenters. The Morgan fingerprint density at radius 3 is 2.82 bits per heavy atom. The zero-order chi connectivity index (χ0) is 19.9. The number of hydrogen-bond donors (Lipinski definition) is 1. The second-order valence-electron chi connectivity index (χ2n) is 6.76. The predicted molar refractivity (Wildman–Crippen MR) is 111 cm³/mol. The van der Waals surface area contributed by atoms with Crippen molar-refractivity contribution in [3.63, 3.8) is 0 Å². The number of benzene rings is 2. The minimum Gasteiger partial charge on any atom is -0.492 e. The Balaban J connectivity index is 1.53. The van der Waals surface area contributed by atoms with E-state index in [1.165, 1.54) is 0 Å². The molecule has 2 aromatic rings. The molecule has 28 heavy (non-hydrogen) atoms. The number of carbonyl (C=O) groups is 1. The number of carbonyl (C=O) groups excluding carboxylic acids is 1. The smallest absolute Gasteiger partial charge is 0.261 e. The number of hydrogen-bond acceptors (Lipinski definition) is 4. The van der Waals surface area contributed by atoms with Crippen molar-refractivity contribution in [3.8, 4) is 11.5 Å². The van der Waals surface area contributed by atoms with Gasteiger partial charge in [0.1, 0.15) is 18.1 Å². The summed E-state index contributed by atoms with van der Waals surface area (Å²) in [6.45, 7) is 8.20. The zero-order valence-electron chi connectivity index (χ0n) is 16.4. The van der Waals surface area contributed by atoms with Crippen LogP contribution in [0.3, 0.4) is 0 Å². The first-order chi connectivity index (χ1) is 13.6. The maximum absolute atomic E-state index is 12.5. The SMILES string of the molecule is CCN(CC)CCOc1ccccc1CNC(=O)[C@H]1Cc2cc(Cl)ccc2O1. The van der Waals surface area contributed by atoms with E-state index < -0.39 is 6.10 Å². The summed E-state index contributed by atoms with van der Waals surface area (Å²) in [6, 6.07) is 13.2. The molecule has 1 amide bonds. The maximum Gasteiger partial charge on any atom is 0.261 e. The van der Waals surface area contributed by atoms with E-state index in [1.807, 2.05) is 36.4 Å². The number of amides is 1. The molecule has 0 unspecified atom stereocenters. The average molecular weight is 403 g/mol. The van der Waals surface area contributed by atoms with Gasteiger partial charge in [-0.05, 0) is 42.9 Å². The van der Waals surface area contributed by atoms with Gasteiger partial charge in [-0.15, -0.1) is 0 Å². The first kappa shape index (κ1) is 20.5. The largest absolute Gasteiger partial charge is 0.492 e. The summed E-state index contributed by atoms with van der Waals surface area (Å²) in [7, 11) is 0. The van der Waals surface area contributed by atoms with Crippen molar-refractivity contribution >= 4 is 17.5 Å². The zero-order valence-corrected chi connectivity index (χ0v) is 17.2. The Hall–Kier alpha value is -2.24. The summed E-state index contributed by atoms with van der Waals surface area (Å²) < 4.78 is 11.7. The monoisotopic (exact) mass is 402 g/mol. The van der Waals surface area contributed by atoms with Crippen LogP contribution >= 0.6 is 11.6 Å². The lowest BCUT2D eigenvalue weighted by Gasteiger charge is -2.19. The fourth-order valence-corrected chi connectivity index (χ4v) is 3.47. The molecule has 6 heteroatoms. The Morgan fingerprint density at radius 2 is 2.04 bits per heavy atom. The summed E-state index contributed by atoms with van der Waals surface area (Å²) >= 11 is 6.02. The lowest BCUT2D eigenvalue weighted by atomic mass is 10.1. The number of nitrogens with one attached hydrogen (secondary N) is 1. The third-order valence-electron chi connectivity index (χ3n) is 4.97. The van der Waals surface area contributed by atoms with Gasteiger partial charge in [0.05, 0.1) is 0 Å². The fourth-order valence-electron chi connectivity index (χ4n) is 3.27. The maximum atomic E-state index is 12.5. The molecule has 0 spiro atoms. The van der Waals surface area contributed by atoms with Crippen LogP contribution in [-0.4, -0.2) is 43.2 Å². The summed E-state index contributed by atoms with van der Waals surface area (Å²) in [6.07, 6.45) is 0.00762. The minimum atomic E-state index is -0.524. The van der Waals surface area contributed by atoms with E-state index in [9.17, 15) is 4.79 Å². The summed E-state index contributed by atoms with van der Waals surface area (Å²) in [5, 5.41) is 3.62. The number of ether oxygens (including phenoxy) is 2. The van der Waals surface area contributed by atoms with Crippen LogP contribution < -0.4 is 14.8 Å². The minimum absolute atomic E-state index is 0.134. The van der Waals surface area contributed by atoms with Gasteiger partial charge in [-0.3, -0.25) is 4.79 Å². The van der Waals surface area contributed by atoms with Crippen molar-refractivity contribution in [2.45, 2.75) is 32.9 Å². The highest BCUT2D eigenvalue weighted by molar-refractivity contribution is 6.30. The molecule has 0 aromatic heterocycles. The van der Waals surface area contributed by atoms with Crippen LogP contribution in [0.15, 0.2) is 42.5 Å². The van der Waals surface area contributed by atoms with Gasteiger partial charge in [-0.25, -0.2) is 0 Å². The van der Waals surface area contributed by atoms with Gasteiger partial charge >= 0.3 is 0 Å². The van der Waals surface area contributed by atoms with E-state index >= 15 is 0 Å². The second-order valence-corrected chi connectivity index (χ2v) is 7.20. The quantitative estimate of drug-likeness (QED) is 0.695. The molecule has 1 aliphatic heterocycles. The van der Waals surface area contributed by atoms with Crippen LogP contribution in [0.2, 0.25) is 5.02 Å². The number of nitrogens with zero attached hydrogens (tertiary/aromatic N) is 1. The topological polar surface area (TPSA) is 50.8 Å². The van der Waals surface area contributed by atoms with Crippen LogP contribution in [0.1, 0.15) is 25.0 Å². The van der Waals surface area contributed by atoms with Crippen molar-refractivity contribution in [1.82, 2.24) is 10.2 Å². The first-order valence-corrected chi connectivity index (χ1v) is 10.1. The van der Waals surface area contributed by atoms with E-state index in [-0.39, 0.29) is 5.91 Å². The number of para-hydroxylation sites is 1. The molecule has 1 N–H and O–H groups in total. The standard InChI is InChI=1S/C22H27ClN2O3/c1-3-25(4-2)11-12-27-19-8-6-5-7-16(19)15-24-22(26)21-14-17-13-18(23)9-10-20(17)28-21/h5-10,13,21H,3-4,11-12,14-15H2,1-2H3,(H,24,26)/t21-/m1/s1. The van der Waals surface area contributed by atoms with Crippen molar-refractivity contribution in [1.29, 1.82) is 0 Å². The summed E-state index contributed by atoms with van der Waals surface area (Å²) in [5.74, 6) is 1.40. The first-order valence-electron chi connectivity index (χ1n) is 9.76. The molecule has 0 aliphatic carbocycles. The van der Waals surface area contributed by atoms with E-state index in [4.69, 9.17) is 21.1 Å². The van der Waals surface area contributed by atoms with Crippen LogP contribution in [-0.2, 0) is 17.8 Å². The lowest BCUT2D eigenvalue weighted by molar-refractivity contribution is -0.127. The van der Waals surface area contributed by atoms with Gasteiger partial charge in [0.2, 0.25) is 0 Å². The molecule has 0 fully saturated rings. The van der Waals surface area contributed by atoms with Crippen molar-refractivity contribution in [2.24, 2.45) is 0 Å². The normalized spacial score (nSPS) is 15.2. The van der Waals surface area contributed by atoms with Crippen molar-refractivity contribution < 1.29 is 14.3 Å². The molecule has 0 saturated heterocycles. The van der Waals surface area contributed by atoms with Crippen LogP contribution in [0.4, 0.5) is 0 Å². The number of halogens is 1. The highest BCUT2D eigenvalue weighted by Crippen LogP contribution is 2.31. The molecule has 2 aromatic carbocycles. The molecule has 0 bridgehead atoms. The van der Waals surface area contributed by atoms with Gasteiger partial charge in [-0.1, -0.05) is 43.6 Å². The van der Waals surface area contributed by atoms with Crippen LogP contribution in [0.25, 0.3) is 0 Å². The molecule has 1 aliphatic rings. The summed E-state index contributed by atoms with van der Waals surface area (Å²) in [4.78, 5) is 14.9. The number of likely N-dealkylation sites (N-methyl/N-ethyl adjacent to an activating group) is 1. The highest BCUT2D eigenvalue weighted by atomic mass is 35.5. The second kappa shape index (κ2) is 9.80. The summed E-state index contributed by atoms with van der Waals surface area (Å²) in [5.41, 5.74) is 1.92. The number of rotatable bonds is 9. The van der Waals surface area contributed by atoms with Crippen LogP contribution in [0, 0.1) is 0 Å². The molecule has 0 saturated carbocycles. The molecule has 1 heterocycles. The molecule has 150 valence electrons. The highest BCUT2D eigenvalue weighted by Gasteiger charge is 2.29. The molecular weight excluding hydrogens is 376 g/mol. The van der Waals surface area contributed by atoms with E-state index in [0.29, 0.717) is 24.6 Å². The van der Waals surface area contributed by atoms with Crippen LogP contribution in [0.5, 0.6) is 11.5 Å². The van der Waals surface area contributed by atoms with Gasteiger partial charge < -0.3 is 19.7 Å². The molecular formula is C22H27ClN2O3. The Morgan fingerprint density at radius 1 is 1.25 bits per heavy atom. The molecule has 5 nitrogen and oxygen atoms in total. The van der Waals surface area contributed by atoms with Gasteiger partial charge in [0, 0.05) is 30.1 Å². The Bertz CT molecular complexity index is 808. The van der Waals surface area contributed by atoms with E-state index in [1.54, 1.807) is 6.07 Å². The number of fused-ring (bicyclic) bond motifs is 1. The van der Waals surface area contributed by atoms with E-state index in [2.05, 4.69) is 24.1 Å². The molecule has 3 rings (SSSR count). The van der Waals surface area contributed by atoms with Gasteiger partial charge in [-0.2, -0.15) is 0 Å². The van der Waals surface area contributed by atoms with E-state index in [0.717, 1.165) is 42.3 Å². The molecule has 0 radical (unpaired) electrons. The fraction of sp³-hybridized carbons (Fsp3) is 0.409. The van der Waals surface area contributed by atoms with Gasteiger partial charge in [0.15, 0.2) is 6.10 Å². The lowest BCUT2D eigenvalue weighted by Crippen LogP contribution is -2.37.